The topological polar surface area (TPSA) is 40.5 Å². The summed E-state index contributed by atoms with van der Waals surface area (Å²) < 4.78 is 0. The Morgan fingerprint density at radius 2 is 1.86 bits per heavy atom. The van der Waals surface area contributed by atoms with Crippen molar-refractivity contribution in [2.75, 3.05) is 0 Å². The van der Waals surface area contributed by atoms with Crippen LogP contribution in [0.2, 0.25) is 0 Å². The fraction of sp³-hybridized carbons (Fsp3) is 0.600. The average molecular weight is 503 g/mol. The standard InChI is InChI=1S/C35H50O2/c1-6-35(37,7-2)22-11-13-25(3)32-19-20-33-28(16-12-21-34(32,33)5)17-18-29-23-30(36)24-31(26(29)4)27-14-9-8-10-15-27/h8-11,14-15,17-18,22,25,30-33,36-37H,4,6-7,12-13,16,19-21,23-24H2,1-3,5H3/b22-11+,28-17-,29-18+. The molecule has 2 nitrogen and oxygen atoms in total. The van der Waals surface area contributed by atoms with Crippen LogP contribution < -0.4 is 0 Å². The summed E-state index contributed by atoms with van der Waals surface area (Å²) in [4.78, 5) is 0. The predicted molar refractivity (Wildman–Crippen MR) is 156 cm³/mol. The summed E-state index contributed by atoms with van der Waals surface area (Å²) in [6.45, 7) is 13.6. The van der Waals surface area contributed by atoms with E-state index in [0.29, 0.717) is 23.7 Å². The summed E-state index contributed by atoms with van der Waals surface area (Å²) in [7, 11) is 0. The van der Waals surface area contributed by atoms with Crippen molar-refractivity contribution < 1.29 is 10.2 Å². The van der Waals surface area contributed by atoms with Gasteiger partial charge >= 0.3 is 0 Å². The Bertz CT molecular complexity index is 1010. The van der Waals surface area contributed by atoms with Crippen molar-refractivity contribution in [1.82, 2.24) is 0 Å². The molecule has 6 unspecified atom stereocenters. The third-order valence-corrected chi connectivity index (χ3v) is 10.4. The second kappa shape index (κ2) is 11.9. The molecule has 0 radical (unpaired) electrons. The molecule has 4 rings (SSSR count). The maximum absolute atomic E-state index is 10.7. The summed E-state index contributed by atoms with van der Waals surface area (Å²) in [5.41, 5.74) is 4.98. The Balaban J connectivity index is 1.49. The van der Waals surface area contributed by atoms with Crippen molar-refractivity contribution >= 4 is 0 Å². The van der Waals surface area contributed by atoms with Gasteiger partial charge < -0.3 is 10.2 Å². The number of fused-ring (bicyclic) bond motifs is 1. The molecule has 2 heteroatoms. The van der Waals surface area contributed by atoms with Crippen LogP contribution in [0.5, 0.6) is 0 Å². The van der Waals surface area contributed by atoms with Gasteiger partial charge in [0.1, 0.15) is 0 Å². The molecule has 6 atom stereocenters. The van der Waals surface area contributed by atoms with Crippen molar-refractivity contribution in [3.63, 3.8) is 0 Å². The minimum Gasteiger partial charge on any atom is -0.393 e. The quantitative estimate of drug-likeness (QED) is 0.349. The highest BCUT2D eigenvalue weighted by molar-refractivity contribution is 5.44. The Hall–Kier alpha value is -1.90. The molecule has 0 bridgehead atoms. The molecular formula is C35H50O2. The van der Waals surface area contributed by atoms with Gasteiger partial charge in [-0.1, -0.05) is 94.5 Å². The maximum atomic E-state index is 10.7. The lowest BCUT2D eigenvalue weighted by Gasteiger charge is -2.44. The van der Waals surface area contributed by atoms with Gasteiger partial charge in [0.15, 0.2) is 0 Å². The van der Waals surface area contributed by atoms with E-state index in [2.05, 4.69) is 88.9 Å². The van der Waals surface area contributed by atoms with E-state index in [9.17, 15) is 10.2 Å². The Morgan fingerprint density at radius 3 is 2.57 bits per heavy atom. The van der Waals surface area contributed by atoms with Gasteiger partial charge in [-0.2, -0.15) is 0 Å². The van der Waals surface area contributed by atoms with Gasteiger partial charge in [0, 0.05) is 5.92 Å². The molecule has 0 spiro atoms. The Labute approximate surface area is 226 Å². The molecule has 3 fully saturated rings. The van der Waals surface area contributed by atoms with Gasteiger partial charge in [-0.15, -0.1) is 0 Å². The molecule has 0 heterocycles. The van der Waals surface area contributed by atoms with Gasteiger partial charge in [0.25, 0.3) is 0 Å². The Kier molecular flexibility index (Phi) is 9.02. The van der Waals surface area contributed by atoms with E-state index in [1.54, 1.807) is 5.57 Å². The van der Waals surface area contributed by atoms with Crippen LogP contribution in [0.3, 0.4) is 0 Å². The molecule has 0 saturated heterocycles. The zero-order valence-corrected chi connectivity index (χ0v) is 23.8. The van der Waals surface area contributed by atoms with Crippen molar-refractivity contribution in [3.05, 3.63) is 83.5 Å². The van der Waals surface area contributed by atoms with E-state index in [1.165, 1.54) is 48.8 Å². The molecule has 3 saturated carbocycles. The summed E-state index contributed by atoms with van der Waals surface area (Å²) in [6.07, 6.45) is 19.2. The third kappa shape index (κ3) is 6.07. The largest absolute Gasteiger partial charge is 0.393 e. The third-order valence-electron chi connectivity index (χ3n) is 10.4. The van der Waals surface area contributed by atoms with Crippen molar-refractivity contribution in [2.24, 2.45) is 23.2 Å². The van der Waals surface area contributed by atoms with Crippen molar-refractivity contribution in [1.29, 1.82) is 0 Å². The molecule has 3 aliphatic carbocycles. The van der Waals surface area contributed by atoms with Crippen LogP contribution >= 0.6 is 0 Å². The number of allylic oxidation sites excluding steroid dienone is 5. The number of benzene rings is 1. The Morgan fingerprint density at radius 1 is 1.14 bits per heavy atom. The number of hydrogen-bond acceptors (Lipinski definition) is 2. The number of aliphatic hydroxyl groups is 2. The zero-order valence-electron chi connectivity index (χ0n) is 23.8. The molecule has 2 N–H and O–H groups in total. The smallest absolute Gasteiger partial charge is 0.0822 e. The lowest BCUT2D eigenvalue weighted by Crippen LogP contribution is -2.36. The highest BCUT2D eigenvalue weighted by Crippen LogP contribution is 2.59. The second-order valence-electron chi connectivity index (χ2n) is 12.5. The first kappa shape index (κ1) is 28.1. The summed E-state index contributed by atoms with van der Waals surface area (Å²) in [5.74, 6) is 2.21. The van der Waals surface area contributed by atoms with Crippen LogP contribution in [0.1, 0.15) is 103 Å². The zero-order chi connectivity index (χ0) is 26.6. The van der Waals surface area contributed by atoms with Gasteiger partial charge in [0.05, 0.1) is 11.7 Å². The fourth-order valence-electron chi connectivity index (χ4n) is 7.88. The van der Waals surface area contributed by atoms with Crippen LogP contribution in [0.15, 0.2) is 77.9 Å². The first-order valence-corrected chi connectivity index (χ1v) is 14.9. The van der Waals surface area contributed by atoms with Crippen molar-refractivity contribution in [3.8, 4) is 0 Å². The van der Waals surface area contributed by atoms with Crippen LogP contribution in [-0.2, 0) is 0 Å². The van der Waals surface area contributed by atoms with Gasteiger partial charge in [-0.25, -0.2) is 0 Å². The number of aliphatic hydroxyl groups excluding tert-OH is 1. The minimum absolute atomic E-state index is 0.203. The second-order valence-corrected chi connectivity index (χ2v) is 12.5. The fourth-order valence-corrected chi connectivity index (χ4v) is 7.88. The predicted octanol–water partition coefficient (Wildman–Crippen LogP) is 8.68. The summed E-state index contributed by atoms with van der Waals surface area (Å²) >= 11 is 0. The van der Waals surface area contributed by atoms with Gasteiger partial charge in [0.2, 0.25) is 0 Å². The SMILES string of the molecule is C=C1/C(=C/C=C2/CCCC3(C)C2CCC3C(C)C/C=C/C(O)(CC)CC)CC(O)CC1c1ccccc1. The highest BCUT2D eigenvalue weighted by atomic mass is 16.3. The highest BCUT2D eigenvalue weighted by Gasteiger charge is 2.50. The van der Waals surface area contributed by atoms with Crippen LogP contribution in [-0.4, -0.2) is 21.9 Å². The number of hydrogen-bond donors (Lipinski definition) is 2. The lowest BCUT2D eigenvalue weighted by atomic mass is 9.61. The molecule has 202 valence electrons. The van der Waals surface area contributed by atoms with E-state index >= 15 is 0 Å². The van der Waals surface area contributed by atoms with Crippen molar-refractivity contribution in [2.45, 2.75) is 110 Å². The lowest BCUT2D eigenvalue weighted by molar-refractivity contribution is 0.0813. The van der Waals surface area contributed by atoms with E-state index in [1.807, 2.05) is 0 Å². The van der Waals surface area contributed by atoms with Crippen LogP contribution in [0, 0.1) is 23.2 Å². The van der Waals surface area contributed by atoms with Gasteiger partial charge in [-0.3, -0.25) is 0 Å². The molecule has 3 aliphatic rings. The van der Waals surface area contributed by atoms with E-state index in [4.69, 9.17) is 0 Å². The molecule has 0 aliphatic heterocycles. The normalized spacial score (nSPS) is 33.8. The summed E-state index contributed by atoms with van der Waals surface area (Å²) in [5, 5.41) is 21.3. The monoisotopic (exact) mass is 502 g/mol. The van der Waals surface area contributed by atoms with E-state index in [-0.39, 0.29) is 12.0 Å². The number of rotatable bonds is 8. The molecule has 0 amide bonds. The van der Waals surface area contributed by atoms with Crippen LogP contribution in [0.4, 0.5) is 0 Å². The molecular weight excluding hydrogens is 452 g/mol. The molecule has 1 aromatic carbocycles. The van der Waals surface area contributed by atoms with Crippen LogP contribution in [0.25, 0.3) is 0 Å². The molecule has 37 heavy (non-hydrogen) atoms. The average Bonchev–Trinajstić information content (AvgIpc) is 3.26. The van der Waals surface area contributed by atoms with E-state index in [0.717, 1.165) is 31.6 Å². The molecule has 1 aromatic rings. The molecule has 0 aromatic heterocycles. The van der Waals surface area contributed by atoms with E-state index < -0.39 is 5.60 Å². The van der Waals surface area contributed by atoms with Gasteiger partial charge in [-0.05, 0) is 104 Å². The maximum Gasteiger partial charge on any atom is 0.0822 e. The first-order valence-electron chi connectivity index (χ1n) is 14.9. The first-order chi connectivity index (χ1) is 17.7. The minimum atomic E-state index is -0.647. The summed E-state index contributed by atoms with van der Waals surface area (Å²) in [6, 6.07) is 10.5.